The molecule has 0 saturated carbocycles. The summed E-state index contributed by atoms with van der Waals surface area (Å²) in [5.41, 5.74) is 0.478. The van der Waals surface area contributed by atoms with Crippen molar-refractivity contribution in [3.8, 4) is 0 Å². The highest BCUT2D eigenvalue weighted by Crippen LogP contribution is 2.34. The molecule has 1 saturated heterocycles. The van der Waals surface area contributed by atoms with Gasteiger partial charge in [0.15, 0.2) is 0 Å². The molecule has 1 N–H and O–H groups in total. The van der Waals surface area contributed by atoms with Crippen LogP contribution in [0.1, 0.15) is 51.7 Å². The summed E-state index contributed by atoms with van der Waals surface area (Å²) in [6.07, 6.45) is 2.54. The quantitative estimate of drug-likeness (QED) is 0.849. The summed E-state index contributed by atoms with van der Waals surface area (Å²) in [4.78, 5) is 21.7. The molecule has 1 amide bonds. The standard InChI is InChI=1S/C14H23N3O2/c1-9-6-11(12-15-7-10(2)16-12)17(8-9)13(18)19-14(3,4)5/h7,9,11H,6,8H2,1-5H3,(H,15,16)/t9?,11-/m0/s1. The van der Waals surface area contributed by atoms with Gasteiger partial charge in [-0.2, -0.15) is 0 Å². The summed E-state index contributed by atoms with van der Waals surface area (Å²) in [6, 6.07) is -0.00134. The molecule has 1 aliphatic rings. The van der Waals surface area contributed by atoms with Gasteiger partial charge in [0.05, 0.1) is 11.7 Å². The third kappa shape index (κ3) is 3.28. The molecule has 0 radical (unpaired) electrons. The van der Waals surface area contributed by atoms with Gasteiger partial charge in [0.25, 0.3) is 0 Å². The fraction of sp³-hybridized carbons (Fsp3) is 0.714. The summed E-state index contributed by atoms with van der Waals surface area (Å²) in [7, 11) is 0. The Hall–Kier alpha value is -1.52. The van der Waals surface area contributed by atoms with Crippen molar-refractivity contribution in [1.29, 1.82) is 0 Å². The second-order valence-electron chi connectivity index (χ2n) is 6.42. The minimum atomic E-state index is -0.466. The third-order valence-corrected chi connectivity index (χ3v) is 3.18. The number of ether oxygens (including phenoxy) is 1. The smallest absolute Gasteiger partial charge is 0.410 e. The lowest BCUT2D eigenvalue weighted by Crippen LogP contribution is -2.37. The molecule has 2 heterocycles. The van der Waals surface area contributed by atoms with Crippen molar-refractivity contribution in [2.24, 2.45) is 5.92 Å². The number of nitrogens with one attached hydrogen (secondary N) is 1. The summed E-state index contributed by atoms with van der Waals surface area (Å²) in [5, 5.41) is 0. The van der Waals surface area contributed by atoms with Gasteiger partial charge in [-0.25, -0.2) is 9.78 Å². The Bertz CT molecular complexity index is 462. The number of nitrogens with zero attached hydrogens (tertiary/aromatic N) is 2. The largest absolute Gasteiger partial charge is 0.444 e. The van der Waals surface area contributed by atoms with Crippen LogP contribution in [0, 0.1) is 12.8 Å². The molecule has 1 fully saturated rings. The molecule has 19 heavy (non-hydrogen) atoms. The van der Waals surface area contributed by atoms with E-state index in [9.17, 15) is 4.79 Å². The molecule has 1 aromatic rings. The number of hydrogen-bond donors (Lipinski definition) is 1. The van der Waals surface area contributed by atoms with E-state index in [0.29, 0.717) is 5.92 Å². The molecule has 2 rings (SSSR count). The van der Waals surface area contributed by atoms with Gasteiger partial charge in [-0.1, -0.05) is 6.92 Å². The molecule has 5 heteroatoms. The molecule has 106 valence electrons. The number of amides is 1. The highest BCUT2D eigenvalue weighted by molar-refractivity contribution is 5.69. The van der Waals surface area contributed by atoms with E-state index in [4.69, 9.17) is 4.74 Å². The molecule has 1 aromatic heterocycles. The Labute approximate surface area is 114 Å². The van der Waals surface area contributed by atoms with E-state index in [1.165, 1.54) is 0 Å². The maximum absolute atomic E-state index is 12.3. The van der Waals surface area contributed by atoms with Crippen LogP contribution < -0.4 is 0 Å². The maximum atomic E-state index is 12.3. The number of likely N-dealkylation sites (tertiary alicyclic amines) is 1. The number of aromatic amines is 1. The first-order chi connectivity index (χ1) is 8.76. The number of carbonyl (C=O) groups is 1. The molecule has 1 aliphatic heterocycles. The number of H-pyrrole nitrogens is 1. The fourth-order valence-electron chi connectivity index (χ4n) is 2.43. The highest BCUT2D eigenvalue weighted by Gasteiger charge is 2.37. The van der Waals surface area contributed by atoms with Gasteiger partial charge in [-0.3, -0.25) is 4.90 Å². The summed E-state index contributed by atoms with van der Waals surface area (Å²) >= 11 is 0. The normalized spacial score (nSPS) is 23.7. The molecule has 1 unspecified atom stereocenters. The van der Waals surface area contributed by atoms with Crippen LogP contribution in [-0.4, -0.2) is 33.1 Å². The Morgan fingerprint density at radius 3 is 2.74 bits per heavy atom. The van der Waals surface area contributed by atoms with Crippen LogP contribution in [0.2, 0.25) is 0 Å². The first-order valence-corrected chi connectivity index (χ1v) is 6.78. The average molecular weight is 265 g/mol. The molecule has 2 atom stereocenters. The average Bonchev–Trinajstić information content (AvgIpc) is 2.81. The van der Waals surface area contributed by atoms with E-state index < -0.39 is 5.60 Å². The molecular formula is C14H23N3O2. The summed E-state index contributed by atoms with van der Waals surface area (Å²) < 4.78 is 5.47. The number of rotatable bonds is 1. The van der Waals surface area contributed by atoms with E-state index in [-0.39, 0.29) is 12.1 Å². The van der Waals surface area contributed by atoms with Gasteiger partial charge in [-0.05, 0) is 40.0 Å². The van der Waals surface area contributed by atoms with E-state index in [2.05, 4.69) is 16.9 Å². The SMILES string of the molecule is Cc1c[nH]c([C@@H]2CC(C)CN2C(=O)OC(C)(C)C)n1. The highest BCUT2D eigenvalue weighted by atomic mass is 16.6. The number of aromatic nitrogens is 2. The number of imidazole rings is 1. The molecule has 5 nitrogen and oxygen atoms in total. The lowest BCUT2D eigenvalue weighted by molar-refractivity contribution is 0.0214. The van der Waals surface area contributed by atoms with Crippen molar-refractivity contribution in [3.63, 3.8) is 0 Å². The number of carbonyl (C=O) groups excluding carboxylic acids is 1. The van der Waals surface area contributed by atoms with Crippen molar-refractivity contribution in [1.82, 2.24) is 14.9 Å². The Morgan fingerprint density at radius 1 is 1.53 bits per heavy atom. The fourth-order valence-corrected chi connectivity index (χ4v) is 2.43. The van der Waals surface area contributed by atoms with Crippen LogP contribution in [0.5, 0.6) is 0 Å². The van der Waals surface area contributed by atoms with E-state index in [1.807, 2.05) is 33.9 Å². The van der Waals surface area contributed by atoms with Crippen LogP contribution in [-0.2, 0) is 4.74 Å². The Balaban J connectivity index is 2.16. The van der Waals surface area contributed by atoms with E-state index >= 15 is 0 Å². The van der Waals surface area contributed by atoms with E-state index in [0.717, 1.165) is 24.5 Å². The predicted octanol–water partition coefficient (Wildman–Crippen LogP) is 3.04. The van der Waals surface area contributed by atoms with Crippen LogP contribution in [0.15, 0.2) is 6.20 Å². The van der Waals surface area contributed by atoms with Crippen molar-refractivity contribution in [2.45, 2.75) is 52.7 Å². The first kappa shape index (κ1) is 13.9. The topological polar surface area (TPSA) is 58.2 Å². The Morgan fingerprint density at radius 2 is 2.21 bits per heavy atom. The van der Waals surface area contributed by atoms with Crippen LogP contribution in [0.3, 0.4) is 0 Å². The van der Waals surface area contributed by atoms with Crippen LogP contribution in [0.25, 0.3) is 0 Å². The van der Waals surface area contributed by atoms with Gasteiger partial charge in [0.2, 0.25) is 0 Å². The minimum absolute atomic E-state index is 0.00134. The second kappa shape index (κ2) is 4.87. The monoisotopic (exact) mass is 265 g/mol. The maximum Gasteiger partial charge on any atom is 0.410 e. The van der Waals surface area contributed by atoms with Crippen molar-refractivity contribution in [3.05, 3.63) is 17.7 Å². The zero-order valence-corrected chi connectivity index (χ0v) is 12.4. The Kier molecular flexibility index (Phi) is 3.56. The van der Waals surface area contributed by atoms with Gasteiger partial charge in [0, 0.05) is 12.7 Å². The zero-order valence-electron chi connectivity index (χ0n) is 12.4. The molecule has 0 aromatic carbocycles. The molecule has 0 bridgehead atoms. The predicted molar refractivity (Wildman–Crippen MR) is 72.8 cm³/mol. The first-order valence-electron chi connectivity index (χ1n) is 6.78. The van der Waals surface area contributed by atoms with Crippen molar-refractivity contribution < 1.29 is 9.53 Å². The van der Waals surface area contributed by atoms with E-state index in [1.54, 1.807) is 4.90 Å². The molecule has 0 spiro atoms. The minimum Gasteiger partial charge on any atom is -0.444 e. The zero-order chi connectivity index (χ0) is 14.2. The third-order valence-electron chi connectivity index (χ3n) is 3.18. The van der Waals surface area contributed by atoms with Gasteiger partial charge in [0.1, 0.15) is 11.4 Å². The lowest BCUT2D eigenvalue weighted by atomic mass is 10.1. The molecule has 0 aliphatic carbocycles. The van der Waals surface area contributed by atoms with Crippen LogP contribution in [0.4, 0.5) is 4.79 Å². The number of hydrogen-bond acceptors (Lipinski definition) is 3. The summed E-state index contributed by atoms with van der Waals surface area (Å²) in [5.74, 6) is 1.32. The second-order valence-corrected chi connectivity index (χ2v) is 6.42. The van der Waals surface area contributed by atoms with Crippen molar-refractivity contribution >= 4 is 6.09 Å². The number of aryl methyl sites for hydroxylation is 1. The van der Waals surface area contributed by atoms with Gasteiger partial charge in [-0.15, -0.1) is 0 Å². The van der Waals surface area contributed by atoms with Crippen LogP contribution >= 0.6 is 0 Å². The summed E-state index contributed by atoms with van der Waals surface area (Å²) in [6.45, 7) is 10.5. The van der Waals surface area contributed by atoms with Crippen molar-refractivity contribution in [2.75, 3.05) is 6.54 Å². The van der Waals surface area contributed by atoms with Gasteiger partial charge < -0.3 is 9.72 Å². The lowest BCUT2D eigenvalue weighted by Gasteiger charge is -2.27. The molecular weight excluding hydrogens is 242 g/mol. The van der Waals surface area contributed by atoms with Gasteiger partial charge >= 0.3 is 6.09 Å².